The van der Waals surface area contributed by atoms with Gasteiger partial charge in [-0.25, -0.2) is 0 Å². The minimum atomic E-state index is 0.568. The van der Waals surface area contributed by atoms with Crippen LogP contribution in [0.15, 0.2) is 0 Å². The Morgan fingerprint density at radius 1 is 0.160 bits per heavy atom. The highest BCUT2D eigenvalue weighted by Gasteiger charge is 1.98. The van der Waals surface area contributed by atoms with E-state index in [0.717, 1.165) is 26.1 Å². The molecule has 7 heteroatoms. The van der Waals surface area contributed by atoms with Crippen molar-refractivity contribution in [1.29, 1.82) is 0 Å². The molecule has 0 radical (unpaired) electrons. The second-order valence-electron chi connectivity index (χ2n) is 14.1. The molecule has 0 heterocycles. The summed E-state index contributed by atoms with van der Waals surface area (Å²) in [7, 11) is 0. The van der Waals surface area contributed by atoms with Crippen LogP contribution in [0.1, 0.15) is 187 Å². The molecular formula is C43H88O7. The number of rotatable bonds is 47. The molecule has 0 unspecified atom stereocenters. The summed E-state index contributed by atoms with van der Waals surface area (Å²) >= 11 is 0. The Morgan fingerprint density at radius 3 is 0.480 bits per heavy atom. The topological polar surface area (TPSA) is 64.6 Å². The fourth-order valence-corrected chi connectivity index (χ4v) is 6.04. The average molecular weight is 717 g/mol. The van der Waals surface area contributed by atoms with Gasteiger partial charge in [0.05, 0.1) is 79.3 Å². The van der Waals surface area contributed by atoms with Gasteiger partial charge in [-0.2, -0.15) is 0 Å². The summed E-state index contributed by atoms with van der Waals surface area (Å²) in [5.74, 6) is 0. The van der Waals surface area contributed by atoms with Crippen molar-refractivity contribution in [3.8, 4) is 0 Å². The zero-order valence-corrected chi connectivity index (χ0v) is 33.8. The highest BCUT2D eigenvalue weighted by Crippen LogP contribution is 2.14. The van der Waals surface area contributed by atoms with Gasteiger partial charge in [-0.05, 0) is 12.8 Å². The molecule has 7 nitrogen and oxygen atoms in total. The van der Waals surface area contributed by atoms with Gasteiger partial charge in [0.1, 0.15) is 0 Å². The Morgan fingerprint density at radius 2 is 0.300 bits per heavy atom. The lowest BCUT2D eigenvalue weighted by Crippen LogP contribution is -2.14. The van der Waals surface area contributed by atoms with Crippen molar-refractivity contribution in [3.05, 3.63) is 0 Å². The van der Waals surface area contributed by atoms with Crippen LogP contribution in [0.2, 0.25) is 0 Å². The number of unbranched alkanes of at least 4 members (excludes halogenated alkanes) is 25. The summed E-state index contributed by atoms with van der Waals surface area (Å²) in [6.07, 6.45) is 37.3. The van der Waals surface area contributed by atoms with E-state index in [2.05, 4.69) is 13.8 Å². The number of hydrogen-bond acceptors (Lipinski definition) is 7. The van der Waals surface area contributed by atoms with Gasteiger partial charge in [-0.1, -0.05) is 174 Å². The van der Waals surface area contributed by atoms with Crippen LogP contribution in [0.3, 0.4) is 0 Å². The summed E-state index contributed by atoms with van der Waals surface area (Å²) in [5.41, 5.74) is 0. The van der Waals surface area contributed by atoms with Crippen molar-refractivity contribution in [3.63, 3.8) is 0 Å². The summed E-state index contributed by atoms with van der Waals surface area (Å²) < 4.78 is 39.2. The highest BCUT2D eigenvalue weighted by molar-refractivity contribution is 4.51. The SMILES string of the molecule is CCCCCCCCCCCCCCCCOCCOCCOCCOCCOCCOCCOCCCCCCCCCCCCCCC. The third-order valence-corrected chi connectivity index (χ3v) is 9.27. The Bertz CT molecular complexity index is 517. The summed E-state index contributed by atoms with van der Waals surface area (Å²) in [4.78, 5) is 0. The van der Waals surface area contributed by atoms with Gasteiger partial charge in [0.2, 0.25) is 0 Å². The fraction of sp³-hybridized carbons (Fsp3) is 1.00. The van der Waals surface area contributed by atoms with E-state index in [1.165, 1.54) is 161 Å². The lowest BCUT2D eigenvalue weighted by molar-refractivity contribution is -0.0206. The third-order valence-electron chi connectivity index (χ3n) is 9.27. The molecule has 0 aromatic carbocycles. The van der Waals surface area contributed by atoms with E-state index >= 15 is 0 Å². The molecule has 0 aliphatic carbocycles. The standard InChI is InChI=1S/C43H88O7/c1-3-5-7-9-11-13-15-17-19-21-23-25-27-29-31-45-33-35-47-37-39-49-41-43-50-42-40-48-38-36-46-34-32-44-30-28-26-24-22-20-18-16-14-12-10-8-6-4-2/h3-43H2,1-2H3. The third kappa shape index (κ3) is 47.7. The van der Waals surface area contributed by atoms with Gasteiger partial charge in [0.25, 0.3) is 0 Å². The molecule has 0 fully saturated rings. The van der Waals surface area contributed by atoms with Crippen LogP contribution in [-0.4, -0.2) is 92.5 Å². The van der Waals surface area contributed by atoms with Crippen LogP contribution in [0, 0.1) is 0 Å². The van der Waals surface area contributed by atoms with Crippen LogP contribution >= 0.6 is 0 Å². The maximum atomic E-state index is 5.69. The zero-order valence-electron chi connectivity index (χ0n) is 33.8. The van der Waals surface area contributed by atoms with Crippen molar-refractivity contribution < 1.29 is 33.2 Å². The molecule has 50 heavy (non-hydrogen) atoms. The number of ether oxygens (including phenoxy) is 7. The van der Waals surface area contributed by atoms with E-state index in [-0.39, 0.29) is 0 Å². The van der Waals surface area contributed by atoms with Crippen molar-refractivity contribution in [2.24, 2.45) is 0 Å². The Kier molecular flexibility index (Phi) is 48.4. The maximum Gasteiger partial charge on any atom is 0.0701 e. The molecular weight excluding hydrogens is 628 g/mol. The molecule has 0 aromatic heterocycles. The molecule has 0 atom stereocenters. The van der Waals surface area contributed by atoms with Crippen molar-refractivity contribution >= 4 is 0 Å². The molecule has 0 aromatic rings. The molecule has 0 N–H and O–H groups in total. The minimum Gasteiger partial charge on any atom is -0.379 e. The Hall–Kier alpha value is -0.280. The first-order valence-corrected chi connectivity index (χ1v) is 22.0. The molecule has 0 spiro atoms. The highest BCUT2D eigenvalue weighted by atomic mass is 16.6. The molecule has 0 saturated heterocycles. The summed E-state index contributed by atoms with van der Waals surface area (Å²) in [6, 6.07) is 0. The van der Waals surface area contributed by atoms with Gasteiger partial charge in [-0.15, -0.1) is 0 Å². The lowest BCUT2D eigenvalue weighted by Gasteiger charge is -2.08. The van der Waals surface area contributed by atoms with Gasteiger partial charge < -0.3 is 33.2 Å². The predicted octanol–water partition coefficient (Wildman–Crippen LogP) is 11.7. The first kappa shape index (κ1) is 49.7. The van der Waals surface area contributed by atoms with Crippen LogP contribution in [0.5, 0.6) is 0 Å². The van der Waals surface area contributed by atoms with E-state index < -0.39 is 0 Å². The molecule has 0 saturated carbocycles. The average Bonchev–Trinajstić information content (AvgIpc) is 3.13. The van der Waals surface area contributed by atoms with E-state index in [0.29, 0.717) is 79.3 Å². The van der Waals surface area contributed by atoms with Crippen molar-refractivity contribution in [2.45, 2.75) is 187 Å². The Balaban J connectivity index is 3.04. The quantitative estimate of drug-likeness (QED) is 0.0581. The smallest absolute Gasteiger partial charge is 0.0701 e. The molecule has 0 bridgehead atoms. The summed E-state index contributed by atoms with van der Waals surface area (Å²) in [5, 5.41) is 0. The molecule has 302 valence electrons. The van der Waals surface area contributed by atoms with Crippen molar-refractivity contribution in [2.75, 3.05) is 92.5 Å². The van der Waals surface area contributed by atoms with Gasteiger partial charge in [0.15, 0.2) is 0 Å². The van der Waals surface area contributed by atoms with E-state index in [9.17, 15) is 0 Å². The van der Waals surface area contributed by atoms with Crippen LogP contribution in [-0.2, 0) is 33.2 Å². The van der Waals surface area contributed by atoms with Gasteiger partial charge in [-0.3, -0.25) is 0 Å². The number of hydrogen-bond donors (Lipinski definition) is 0. The van der Waals surface area contributed by atoms with Crippen molar-refractivity contribution in [1.82, 2.24) is 0 Å². The second-order valence-corrected chi connectivity index (χ2v) is 14.1. The second kappa shape index (κ2) is 48.7. The molecule has 0 aliphatic rings. The van der Waals surface area contributed by atoms with E-state index in [1.807, 2.05) is 0 Å². The van der Waals surface area contributed by atoms with Crippen LogP contribution < -0.4 is 0 Å². The van der Waals surface area contributed by atoms with Gasteiger partial charge >= 0.3 is 0 Å². The first-order valence-electron chi connectivity index (χ1n) is 22.0. The Labute approximate surface area is 312 Å². The lowest BCUT2D eigenvalue weighted by atomic mass is 10.0. The minimum absolute atomic E-state index is 0.568. The summed E-state index contributed by atoms with van der Waals surface area (Å²) in [6.45, 7) is 13.5. The fourth-order valence-electron chi connectivity index (χ4n) is 6.04. The first-order chi connectivity index (χ1) is 24.9. The normalized spacial score (nSPS) is 11.6. The molecule has 0 aliphatic heterocycles. The van der Waals surface area contributed by atoms with Crippen LogP contribution in [0.4, 0.5) is 0 Å². The van der Waals surface area contributed by atoms with E-state index in [1.54, 1.807) is 0 Å². The van der Waals surface area contributed by atoms with E-state index in [4.69, 9.17) is 33.2 Å². The molecule has 0 amide bonds. The molecule has 0 rings (SSSR count). The largest absolute Gasteiger partial charge is 0.379 e. The zero-order chi connectivity index (χ0) is 35.9. The monoisotopic (exact) mass is 717 g/mol. The maximum absolute atomic E-state index is 5.69. The van der Waals surface area contributed by atoms with Gasteiger partial charge in [0, 0.05) is 13.2 Å². The van der Waals surface area contributed by atoms with Crippen LogP contribution in [0.25, 0.3) is 0 Å². The predicted molar refractivity (Wildman–Crippen MR) is 212 cm³/mol.